The van der Waals surface area contributed by atoms with Crippen LogP contribution in [0.25, 0.3) is 0 Å². The fourth-order valence-electron chi connectivity index (χ4n) is 4.06. The average Bonchev–Trinajstić information content (AvgIpc) is 2.91. The smallest absolute Gasteiger partial charge is 0.244 e. The van der Waals surface area contributed by atoms with Crippen molar-refractivity contribution < 1.29 is 18.0 Å². The van der Waals surface area contributed by atoms with Crippen LogP contribution in [0.5, 0.6) is 0 Å². The SMILES string of the molecule is CC(C)CNC(=O)[C@H](Cc1ccccc1)N(Cc1ccc(Cl)cc1)C(=O)CN(c1cc(Cl)c(Cl)cc1Cl)S(C)(=O)=O. The number of hydrogen-bond donors (Lipinski definition) is 1. The zero-order chi connectivity index (χ0) is 30.3. The standard InChI is InChI=1S/C29H31Cl4N3O4S/c1-19(2)16-34-29(38)27(13-20-7-5-4-6-8-20)35(17-21-9-11-22(30)12-10-21)28(37)18-36(41(3,39)40)26-15-24(32)23(31)14-25(26)33/h4-12,14-15,19,27H,13,16-18H2,1-3H3,(H,34,38)/t27-/m0/s1. The monoisotopic (exact) mass is 657 g/mol. The summed E-state index contributed by atoms with van der Waals surface area (Å²) in [7, 11) is -4.02. The van der Waals surface area contributed by atoms with Crippen molar-refractivity contribution in [3.05, 3.63) is 97.9 Å². The fourth-order valence-corrected chi connectivity index (χ4v) is 5.73. The molecule has 0 fully saturated rings. The quantitative estimate of drug-likeness (QED) is 0.226. The summed E-state index contributed by atoms with van der Waals surface area (Å²) in [5.74, 6) is -0.800. The highest BCUT2D eigenvalue weighted by atomic mass is 35.5. The first-order chi connectivity index (χ1) is 19.3. The van der Waals surface area contributed by atoms with Crippen LogP contribution in [0.3, 0.4) is 0 Å². The highest BCUT2D eigenvalue weighted by Crippen LogP contribution is 2.35. The zero-order valence-corrected chi connectivity index (χ0v) is 26.6. The number of nitrogens with one attached hydrogen (secondary N) is 1. The van der Waals surface area contributed by atoms with Crippen molar-refractivity contribution >= 4 is 73.9 Å². The largest absolute Gasteiger partial charge is 0.354 e. The Hall–Kier alpha value is -2.49. The molecule has 0 radical (unpaired) electrons. The number of rotatable bonds is 12. The minimum absolute atomic E-state index is 0.00242. The molecule has 3 rings (SSSR count). The van der Waals surface area contributed by atoms with Gasteiger partial charge in [0.15, 0.2) is 0 Å². The van der Waals surface area contributed by atoms with Gasteiger partial charge in [0.2, 0.25) is 21.8 Å². The number of halogens is 4. The van der Waals surface area contributed by atoms with Gasteiger partial charge in [-0.15, -0.1) is 0 Å². The zero-order valence-electron chi connectivity index (χ0n) is 22.8. The summed E-state index contributed by atoms with van der Waals surface area (Å²) >= 11 is 24.7. The van der Waals surface area contributed by atoms with Crippen molar-refractivity contribution in [2.45, 2.75) is 32.9 Å². The summed E-state index contributed by atoms with van der Waals surface area (Å²) in [4.78, 5) is 29.1. The second-order valence-electron chi connectivity index (χ2n) is 9.98. The number of carbonyl (C=O) groups is 2. The maximum absolute atomic E-state index is 14.1. The molecule has 0 saturated heterocycles. The molecular weight excluding hydrogens is 628 g/mol. The average molecular weight is 659 g/mol. The first kappa shape index (κ1) is 33.0. The van der Waals surface area contributed by atoms with Gasteiger partial charge >= 0.3 is 0 Å². The van der Waals surface area contributed by atoms with Crippen LogP contribution in [-0.2, 0) is 32.6 Å². The maximum atomic E-state index is 14.1. The summed E-state index contributed by atoms with van der Waals surface area (Å²) in [5, 5.41) is 3.65. The van der Waals surface area contributed by atoms with Gasteiger partial charge in [-0.25, -0.2) is 8.42 Å². The third-order valence-electron chi connectivity index (χ3n) is 6.16. The van der Waals surface area contributed by atoms with Crippen molar-refractivity contribution in [2.24, 2.45) is 5.92 Å². The fraction of sp³-hybridized carbons (Fsp3) is 0.310. The van der Waals surface area contributed by atoms with Gasteiger partial charge in [-0.05, 0) is 41.3 Å². The Balaban J connectivity index is 2.08. The van der Waals surface area contributed by atoms with E-state index in [0.29, 0.717) is 17.1 Å². The first-order valence-electron chi connectivity index (χ1n) is 12.7. The highest BCUT2D eigenvalue weighted by molar-refractivity contribution is 7.92. The van der Waals surface area contributed by atoms with Crippen molar-refractivity contribution in [3.8, 4) is 0 Å². The van der Waals surface area contributed by atoms with Gasteiger partial charge in [-0.1, -0.05) is 103 Å². The minimum atomic E-state index is -4.02. The molecule has 0 bridgehead atoms. The first-order valence-corrected chi connectivity index (χ1v) is 16.1. The van der Waals surface area contributed by atoms with Crippen LogP contribution < -0.4 is 9.62 Å². The molecule has 3 aromatic carbocycles. The molecule has 220 valence electrons. The Bertz CT molecular complexity index is 1470. The molecule has 41 heavy (non-hydrogen) atoms. The lowest BCUT2D eigenvalue weighted by molar-refractivity contribution is -0.140. The van der Waals surface area contributed by atoms with Crippen LogP contribution in [-0.4, -0.2) is 50.5 Å². The van der Waals surface area contributed by atoms with Crippen LogP contribution in [0.4, 0.5) is 5.69 Å². The van der Waals surface area contributed by atoms with E-state index < -0.39 is 28.5 Å². The van der Waals surface area contributed by atoms with E-state index in [1.807, 2.05) is 44.2 Å². The van der Waals surface area contributed by atoms with E-state index in [9.17, 15) is 18.0 Å². The van der Waals surface area contributed by atoms with E-state index in [4.69, 9.17) is 46.4 Å². The molecule has 0 aliphatic carbocycles. The second kappa shape index (κ2) is 14.6. The highest BCUT2D eigenvalue weighted by Gasteiger charge is 2.33. The Morgan fingerprint density at radius 1 is 0.854 bits per heavy atom. The molecule has 7 nitrogen and oxygen atoms in total. The molecule has 1 atom stereocenters. The number of anilines is 1. The van der Waals surface area contributed by atoms with E-state index in [0.717, 1.165) is 16.1 Å². The third-order valence-corrected chi connectivity index (χ3v) is 8.56. The lowest BCUT2D eigenvalue weighted by Crippen LogP contribution is -2.53. The number of benzene rings is 3. The summed E-state index contributed by atoms with van der Waals surface area (Å²) in [6, 6.07) is 17.8. The molecule has 0 saturated carbocycles. The van der Waals surface area contributed by atoms with Crippen molar-refractivity contribution in [1.82, 2.24) is 10.2 Å². The Morgan fingerprint density at radius 2 is 1.46 bits per heavy atom. The summed E-state index contributed by atoms with van der Waals surface area (Å²) in [6.45, 7) is 3.73. The van der Waals surface area contributed by atoms with Gasteiger partial charge in [0, 0.05) is 24.5 Å². The maximum Gasteiger partial charge on any atom is 0.244 e. The molecule has 3 aromatic rings. The van der Waals surface area contributed by atoms with Gasteiger partial charge in [-0.2, -0.15) is 0 Å². The summed E-state index contributed by atoms with van der Waals surface area (Å²) in [5.41, 5.74) is 1.53. The van der Waals surface area contributed by atoms with Crippen LogP contribution >= 0.6 is 46.4 Å². The van der Waals surface area contributed by atoms with E-state index in [1.54, 1.807) is 24.3 Å². The van der Waals surface area contributed by atoms with Gasteiger partial charge in [-0.3, -0.25) is 13.9 Å². The second-order valence-corrected chi connectivity index (χ2v) is 13.5. The van der Waals surface area contributed by atoms with Crippen LogP contribution in [0.1, 0.15) is 25.0 Å². The summed E-state index contributed by atoms with van der Waals surface area (Å²) < 4.78 is 26.7. The number of sulfonamides is 1. The predicted molar refractivity (Wildman–Crippen MR) is 167 cm³/mol. The van der Waals surface area contributed by atoms with Crippen molar-refractivity contribution in [1.29, 1.82) is 0 Å². The molecule has 1 N–H and O–H groups in total. The molecule has 0 aliphatic rings. The van der Waals surface area contributed by atoms with E-state index in [1.165, 1.54) is 17.0 Å². The van der Waals surface area contributed by atoms with Gasteiger partial charge in [0.25, 0.3) is 0 Å². The molecule has 12 heteroatoms. The van der Waals surface area contributed by atoms with Gasteiger partial charge in [0.1, 0.15) is 12.6 Å². The molecule has 0 unspecified atom stereocenters. The van der Waals surface area contributed by atoms with Crippen molar-refractivity contribution in [3.63, 3.8) is 0 Å². The minimum Gasteiger partial charge on any atom is -0.354 e. The van der Waals surface area contributed by atoms with Crippen LogP contribution in [0.15, 0.2) is 66.7 Å². The number of hydrogen-bond acceptors (Lipinski definition) is 4. The van der Waals surface area contributed by atoms with Gasteiger partial charge < -0.3 is 10.2 Å². The lowest BCUT2D eigenvalue weighted by Gasteiger charge is -2.34. The Morgan fingerprint density at radius 3 is 2.05 bits per heavy atom. The van der Waals surface area contributed by atoms with Crippen LogP contribution in [0, 0.1) is 5.92 Å². The molecule has 0 heterocycles. The third kappa shape index (κ3) is 9.51. The van der Waals surface area contributed by atoms with Crippen LogP contribution in [0.2, 0.25) is 20.1 Å². The van der Waals surface area contributed by atoms with Crippen molar-refractivity contribution in [2.75, 3.05) is 23.7 Å². The van der Waals surface area contributed by atoms with E-state index in [-0.39, 0.29) is 45.5 Å². The van der Waals surface area contributed by atoms with Gasteiger partial charge in [0.05, 0.1) is 27.0 Å². The molecule has 0 aromatic heterocycles. The number of carbonyl (C=O) groups excluding carboxylic acids is 2. The summed E-state index contributed by atoms with van der Waals surface area (Å²) in [6.07, 6.45) is 1.16. The van der Waals surface area contributed by atoms with E-state index >= 15 is 0 Å². The lowest BCUT2D eigenvalue weighted by atomic mass is 10.0. The molecular formula is C29H31Cl4N3O4S. The topological polar surface area (TPSA) is 86.8 Å². The Kier molecular flexibility index (Phi) is 11.8. The molecule has 2 amide bonds. The number of amides is 2. The predicted octanol–water partition coefficient (Wildman–Crippen LogP) is 6.48. The molecule has 0 spiro atoms. The number of nitrogens with zero attached hydrogens (tertiary/aromatic N) is 2. The Labute approximate surface area is 261 Å². The molecule has 0 aliphatic heterocycles. The normalized spacial score (nSPS) is 12.2. The van der Waals surface area contributed by atoms with E-state index in [2.05, 4.69) is 5.32 Å².